The van der Waals surface area contributed by atoms with E-state index in [0.717, 1.165) is 12.1 Å². The van der Waals surface area contributed by atoms with Gasteiger partial charge < -0.3 is 4.90 Å². The minimum atomic E-state index is -0.368. The van der Waals surface area contributed by atoms with Crippen LogP contribution in [0.25, 0.3) is 33.4 Å². The predicted octanol–water partition coefficient (Wildman–Crippen LogP) is 17.0. The molecule has 3 unspecified atom stereocenters. The van der Waals surface area contributed by atoms with Crippen LogP contribution in [-0.4, -0.2) is 0 Å². The van der Waals surface area contributed by atoms with Crippen LogP contribution in [0.4, 0.5) is 17.1 Å². The summed E-state index contributed by atoms with van der Waals surface area (Å²) >= 11 is 0. The summed E-state index contributed by atoms with van der Waals surface area (Å²) < 4.78 is 0. The smallest absolute Gasteiger partial charge is 0.0503 e. The van der Waals surface area contributed by atoms with Crippen LogP contribution in [0.1, 0.15) is 83.2 Å². The third-order valence-corrected chi connectivity index (χ3v) is 16.4. The van der Waals surface area contributed by atoms with Crippen molar-refractivity contribution < 1.29 is 0 Å². The Balaban J connectivity index is 1.04. The highest BCUT2D eigenvalue weighted by molar-refractivity contribution is 5.90. The fourth-order valence-corrected chi connectivity index (χ4v) is 13.1. The molecule has 4 aliphatic carbocycles. The Labute approximate surface area is 401 Å². The molecule has 326 valence electrons. The second-order valence-electron chi connectivity index (χ2n) is 20.1. The zero-order valence-corrected chi connectivity index (χ0v) is 38.9. The largest absolute Gasteiger partial charge is 0.310 e. The molecule has 0 fully saturated rings. The summed E-state index contributed by atoms with van der Waals surface area (Å²) in [5.41, 5.74) is 22.6. The van der Waals surface area contributed by atoms with Crippen LogP contribution >= 0.6 is 0 Å². The van der Waals surface area contributed by atoms with Crippen molar-refractivity contribution in [2.75, 3.05) is 4.90 Å². The normalized spacial score (nSPS) is 19.5. The van der Waals surface area contributed by atoms with Crippen LogP contribution in [0.15, 0.2) is 243 Å². The quantitative estimate of drug-likeness (QED) is 0.154. The lowest BCUT2D eigenvalue weighted by atomic mass is 9.56. The zero-order chi connectivity index (χ0) is 45.6. The van der Waals surface area contributed by atoms with E-state index in [1.165, 1.54) is 94.8 Å². The maximum absolute atomic E-state index is 2.59. The van der Waals surface area contributed by atoms with Crippen LogP contribution in [0.2, 0.25) is 0 Å². The predicted molar refractivity (Wildman–Crippen MR) is 283 cm³/mol. The van der Waals surface area contributed by atoms with Crippen molar-refractivity contribution >= 4 is 17.1 Å². The van der Waals surface area contributed by atoms with Gasteiger partial charge in [-0.15, -0.1) is 0 Å². The molecule has 1 nitrogen and oxygen atoms in total. The van der Waals surface area contributed by atoms with Crippen molar-refractivity contribution in [2.45, 2.75) is 49.4 Å². The third-order valence-electron chi connectivity index (χ3n) is 16.4. The van der Waals surface area contributed by atoms with Crippen molar-refractivity contribution in [3.05, 3.63) is 293 Å². The standard InChI is InChI=1S/C67H53N/c1-65(2)58-33-17-15-31-54(58)56-40-38-52(43-61(56)65)68(51-29-19-22-45(41-51)46-37-39-57-55-32-16-18-34-59(55)66(3,62(57)42-46)48-23-7-4-8-24-48)63-36-20-35-60-64(63)53-30-14-13-21-47(53)44-67(60,49-25-9-5-10-26-49)50-27-11-6-12-28-50/h4-43,47,53H,44H2,1-3H3. The molecule has 0 saturated heterocycles. The minimum absolute atomic E-state index is 0.156. The number of hydrogen-bond acceptors (Lipinski definition) is 1. The molecule has 0 saturated carbocycles. The number of nitrogens with zero attached hydrogens (tertiary/aromatic N) is 1. The first kappa shape index (κ1) is 40.5. The highest BCUT2D eigenvalue weighted by atomic mass is 15.1. The topological polar surface area (TPSA) is 3.24 Å². The van der Waals surface area contributed by atoms with Crippen molar-refractivity contribution in [3.63, 3.8) is 0 Å². The molecular weight excluding hydrogens is 819 g/mol. The first-order valence-electron chi connectivity index (χ1n) is 24.4. The zero-order valence-electron chi connectivity index (χ0n) is 38.9. The molecule has 0 amide bonds. The van der Waals surface area contributed by atoms with E-state index in [0.29, 0.717) is 5.92 Å². The molecule has 0 N–H and O–H groups in total. The molecule has 0 spiro atoms. The Morgan fingerprint density at radius 1 is 0.397 bits per heavy atom. The average Bonchev–Trinajstić information content (AvgIpc) is 3.80. The third kappa shape index (κ3) is 5.88. The molecule has 13 rings (SSSR count). The van der Waals surface area contributed by atoms with Gasteiger partial charge in [-0.1, -0.05) is 220 Å². The maximum atomic E-state index is 2.59. The SMILES string of the molecule is CC1(C)c2ccccc2-c2ccc(N(c3cccc(-c4ccc5c(c4)C(C)(c4ccccc4)c4ccccc4-5)c3)c3cccc4c3C3C=CC=CC3CC4(c3ccccc3)c3ccccc3)cc21. The van der Waals surface area contributed by atoms with Gasteiger partial charge in [0.1, 0.15) is 0 Å². The van der Waals surface area contributed by atoms with Crippen LogP contribution in [0.3, 0.4) is 0 Å². The van der Waals surface area contributed by atoms with E-state index in [9.17, 15) is 0 Å². The molecule has 0 radical (unpaired) electrons. The van der Waals surface area contributed by atoms with Crippen molar-refractivity contribution in [1.29, 1.82) is 0 Å². The summed E-state index contributed by atoms with van der Waals surface area (Å²) in [6, 6.07) is 82.5. The van der Waals surface area contributed by atoms with Gasteiger partial charge in [-0.2, -0.15) is 0 Å². The molecule has 0 heterocycles. The first-order valence-corrected chi connectivity index (χ1v) is 24.4. The summed E-state index contributed by atoms with van der Waals surface area (Å²) in [6.45, 7) is 7.20. The molecule has 0 bridgehead atoms. The molecule has 68 heavy (non-hydrogen) atoms. The molecule has 3 atom stereocenters. The van der Waals surface area contributed by atoms with Gasteiger partial charge in [0.15, 0.2) is 0 Å². The van der Waals surface area contributed by atoms with Gasteiger partial charge in [0.25, 0.3) is 0 Å². The molecule has 0 aromatic heterocycles. The summed E-state index contributed by atoms with van der Waals surface area (Å²) in [7, 11) is 0. The summed E-state index contributed by atoms with van der Waals surface area (Å²) in [5, 5.41) is 0. The Hall–Kier alpha value is -7.74. The number of anilines is 3. The molecule has 4 aliphatic rings. The van der Waals surface area contributed by atoms with Gasteiger partial charge in [-0.3, -0.25) is 0 Å². The van der Waals surface area contributed by atoms with Crippen molar-refractivity contribution in [1.82, 2.24) is 0 Å². The van der Waals surface area contributed by atoms with Crippen LogP contribution in [0.5, 0.6) is 0 Å². The van der Waals surface area contributed by atoms with Gasteiger partial charge >= 0.3 is 0 Å². The van der Waals surface area contributed by atoms with Crippen LogP contribution in [-0.2, 0) is 16.2 Å². The lowest BCUT2D eigenvalue weighted by molar-refractivity contribution is 0.394. The Morgan fingerprint density at radius 2 is 0.941 bits per heavy atom. The van der Waals surface area contributed by atoms with E-state index in [2.05, 4.69) is 268 Å². The van der Waals surface area contributed by atoms with E-state index >= 15 is 0 Å². The fourth-order valence-electron chi connectivity index (χ4n) is 13.1. The fraction of sp³-hybridized carbons (Fsp3) is 0.134. The lowest BCUT2D eigenvalue weighted by Gasteiger charge is -2.48. The lowest BCUT2D eigenvalue weighted by Crippen LogP contribution is -2.39. The summed E-state index contributed by atoms with van der Waals surface area (Å²) in [4.78, 5) is 2.59. The molecule has 9 aromatic carbocycles. The van der Waals surface area contributed by atoms with E-state index in [1.807, 2.05) is 0 Å². The van der Waals surface area contributed by atoms with Gasteiger partial charge in [-0.25, -0.2) is 0 Å². The highest BCUT2D eigenvalue weighted by Crippen LogP contribution is 2.59. The van der Waals surface area contributed by atoms with Crippen LogP contribution < -0.4 is 4.90 Å². The molecule has 0 aliphatic heterocycles. The summed E-state index contributed by atoms with van der Waals surface area (Å²) in [5.74, 6) is 0.492. The van der Waals surface area contributed by atoms with E-state index < -0.39 is 0 Å². The van der Waals surface area contributed by atoms with Gasteiger partial charge in [0.2, 0.25) is 0 Å². The van der Waals surface area contributed by atoms with E-state index in [4.69, 9.17) is 0 Å². The van der Waals surface area contributed by atoms with Crippen LogP contribution in [0, 0.1) is 5.92 Å². The maximum Gasteiger partial charge on any atom is 0.0503 e. The Bertz CT molecular complexity index is 3440. The molecule has 9 aromatic rings. The number of benzene rings is 9. The average molecular weight is 872 g/mol. The second-order valence-corrected chi connectivity index (χ2v) is 20.1. The number of rotatable bonds is 7. The van der Waals surface area contributed by atoms with Gasteiger partial charge in [0, 0.05) is 33.5 Å². The number of hydrogen-bond donors (Lipinski definition) is 0. The van der Waals surface area contributed by atoms with Crippen molar-refractivity contribution in [2.24, 2.45) is 5.92 Å². The van der Waals surface area contributed by atoms with E-state index in [1.54, 1.807) is 0 Å². The second kappa shape index (κ2) is 15.4. The highest BCUT2D eigenvalue weighted by Gasteiger charge is 2.48. The molecular formula is C67H53N. The summed E-state index contributed by atoms with van der Waals surface area (Å²) in [6.07, 6.45) is 10.5. The Morgan fingerprint density at radius 3 is 1.68 bits per heavy atom. The number of allylic oxidation sites excluding steroid dienone is 4. The molecule has 1 heteroatoms. The number of fused-ring (bicyclic) bond motifs is 9. The van der Waals surface area contributed by atoms with Gasteiger partial charge in [-0.05, 0) is 139 Å². The Kier molecular flexibility index (Phi) is 9.18. The minimum Gasteiger partial charge on any atom is -0.310 e. The van der Waals surface area contributed by atoms with Crippen molar-refractivity contribution in [3.8, 4) is 33.4 Å². The first-order chi connectivity index (χ1) is 33.4. The monoisotopic (exact) mass is 871 g/mol. The van der Waals surface area contributed by atoms with E-state index in [-0.39, 0.29) is 22.2 Å². The van der Waals surface area contributed by atoms with Gasteiger partial charge in [0.05, 0.1) is 5.69 Å².